The molecule has 0 unspecified atom stereocenters. The first-order chi connectivity index (χ1) is 12.5. The van der Waals surface area contributed by atoms with Gasteiger partial charge in [-0.3, -0.25) is 14.2 Å². The van der Waals surface area contributed by atoms with Crippen molar-refractivity contribution in [1.82, 2.24) is 30.2 Å². The Morgan fingerprint density at radius 2 is 2.00 bits per heavy atom. The van der Waals surface area contributed by atoms with Crippen LogP contribution >= 0.6 is 0 Å². The van der Waals surface area contributed by atoms with E-state index < -0.39 is 17.2 Å². The van der Waals surface area contributed by atoms with Gasteiger partial charge in [0.2, 0.25) is 0 Å². The minimum absolute atomic E-state index is 0.122. The van der Waals surface area contributed by atoms with Crippen molar-refractivity contribution in [2.45, 2.75) is 45.6 Å². The normalized spacial score (nSPS) is 15.7. The maximum Gasteiger partial charge on any atom is 0.269 e. The number of pyridine rings is 1. The molecule has 1 amide bonds. The number of nitrogens with one attached hydrogen (secondary N) is 2. The van der Waals surface area contributed by atoms with E-state index in [2.05, 4.69) is 25.6 Å². The molecule has 1 aliphatic rings. The maximum absolute atomic E-state index is 12.7. The molecule has 9 nitrogen and oxygen atoms in total. The summed E-state index contributed by atoms with van der Waals surface area (Å²) in [5, 5.41) is 23.3. The van der Waals surface area contributed by atoms with Gasteiger partial charge >= 0.3 is 0 Å². The molecular weight excluding hydrogens is 336 g/mol. The molecule has 26 heavy (non-hydrogen) atoms. The van der Waals surface area contributed by atoms with Crippen molar-refractivity contribution in [3.8, 4) is 5.75 Å². The molecule has 142 valence electrons. The molecule has 0 spiro atoms. The number of carbonyl (C=O) groups excluding carboxylic acids is 1. The Morgan fingerprint density at radius 3 is 2.69 bits per heavy atom. The van der Waals surface area contributed by atoms with Crippen molar-refractivity contribution in [3.63, 3.8) is 0 Å². The topological polar surface area (TPSA) is 116 Å². The lowest BCUT2D eigenvalue weighted by Crippen LogP contribution is -2.36. The lowest BCUT2D eigenvalue weighted by Gasteiger charge is -2.26. The third kappa shape index (κ3) is 3.57. The zero-order valence-electron chi connectivity index (χ0n) is 15.3. The molecule has 1 saturated heterocycles. The Bertz CT molecular complexity index is 835. The number of hydrogen-bond donors (Lipinski definition) is 3. The predicted molar refractivity (Wildman–Crippen MR) is 97.4 cm³/mol. The Balaban J connectivity index is 1.72. The van der Waals surface area contributed by atoms with Crippen LogP contribution in [-0.4, -0.2) is 62.1 Å². The summed E-state index contributed by atoms with van der Waals surface area (Å²) in [7, 11) is 0. The Hall–Kier alpha value is -2.42. The van der Waals surface area contributed by atoms with E-state index in [9.17, 15) is 14.7 Å². The van der Waals surface area contributed by atoms with Gasteiger partial charge in [0, 0.05) is 12.6 Å². The Morgan fingerprint density at radius 1 is 1.27 bits per heavy atom. The van der Waals surface area contributed by atoms with Gasteiger partial charge in [-0.1, -0.05) is 6.42 Å². The van der Waals surface area contributed by atoms with Gasteiger partial charge in [0.25, 0.3) is 11.5 Å². The van der Waals surface area contributed by atoms with E-state index in [-0.39, 0.29) is 22.8 Å². The van der Waals surface area contributed by atoms with E-state index in [1.54, 1.807) is 0 Å². The van der Waals surface area contributed by atoms with Gasteiger partial charge in [0.05, 0.1) is 0 Å². The van der Waals surface area contributed by atoms with E-state index in [0.29, 0.717) is 6.54 Å². The average Bonchev–Trinajstić information content (AvgIpc) is 3.09. The van der Waals surface area contributed by atoms with Gasteiger partial charge in [-0.05, 0) is 52.7 Å². The number of fused-ring (bicyclic) bond motifs is 1. The Labute approximate surface area is 151 Å². The number of nitrogens with zero attached hydrogens (tertiary/aromatic N) is 4. The van der Waals surface area contributed by atoms with Gasteiger partial charge in [-0.25, -0.2) is 0 Å². The molecule has 2 aromatic rings. The standard InChI is InChI=1S/C17H26N6O3/c1-11(2)23-15-13(19-21-20-15)14(24)12(17(23)26)16(25)18-7-6-10-22-8-4-3-5-9-22/h11,24H,3-10H2,1-2H3,(H,18,25)(H,19,20,21). The monoisotopic (exact) mass is 362 g/mol. The van der Waals surface area contributed by atoms with Crippen LogP contribution in [0.2, 0.25) is 0 Å². The number of rotatable bonds is 6. The van der Waals surface area contributed by atoms with Gasteiger partial charge < -0.3 is 15.3 Å². The first-order valence-electron chi connectivity index (χ1n) is 9.19. The SMILES string of the molecule is CC(C)n1c(=O)c(C(=O)NCCCN2CCCCC2)c(O)c2n[nH]nc21. The molecule has 0 aromatic carbocycles. The number of aromatic amines is 1. The molecule has 0 aliphatic carbocycles. The van der Waals surface area contributed by atoms with Crippen LogP contribution in [0, 0.1) is 0 Å². The number of hydrogen-bond acceptors (Lipinski definition) is 6. The highest BCUT2D eigenvalue weighted by Crippen LogP contribution is 2.24. The second-order valence-electron chi connectivity index (χ2n) is 7.00. The molecular formula is C17H26N6O3. The van der Waals surface area contributed by atoms with Gasteiger partial charge in [0.15, 0.2) is 16.9 Å². The summed E-state index contributed by atoms with van der Waals surface area (Å²) >= 11 is 0. The number of amides is 1. The highest BCUT2D eigenvalue weighted by Gasteiger charge is 2.25. The Kier molecular flexibility index (Phi) is 5.55. The largest absolute Gasteiger partial charge is 0.505 e. The van der Waals surface area contributed by atoms with Gasteiger partial charge in [0.1, 0.15) is 5.56 Å². The van der Waals surface area contributed by atoms with Crippen molar-refractivity contribution in [1.29, 1.82) is 0 Å². The minimum atomic E-state index is -0.578. The van der Waals surface area contributed by atoms with Crippen LogP contribution in [0.5, 0.6) is 5.75 Å². The highest BCUT2D eigenvalue weighted by molar-refractivity contribution is 6.00. The molecule has 9 heteroatoms. The zero-order chi connectivity index (χ0) is 18.7. The quantitative estimate of drug-likeness (QED) is 0.661. The minimum Gasteiger partial charge on any atom is -0.505 e. The van der Waals surface area contributed by atoms with E-state index in [0.717, 1.165) is 26.1 Å². The molecule has 2 aromatic heterocycles. The second-order valence-corrected chi connectivity index (χ2v) is 7.00. The fraction of sp³-hybridized carbons (Fsp3) is 0.647. The molecule has 0 bridgehead atoms. The molecule has 1 fully saturated rings. The van der Waals surface area contributed by atoms with E-state index in [4.69, 9.17) is 0 Å². The first kappa shape index (κ1) is 18.4. The number of aromatic nitrogens is 4. The molecule has 0 atom stereocenters. The third-order valence-electron chi connectivity index (χ3n) is 4.78. The molecule has 3 N–H and O–H groups in total. The number of carbonyl (C=O) groups is 1. The fourth-order valence-electron chi connectivity index (χ4n) is 3.45. The van der Waals surface area contributed by atoms with Crippen molar-refractivity contribution in [2.24, 2.45) is 0 Å². The average molecular weight is 362 g/mol. The van der Waals surface area contributed by atoms with E-state index >= 15 is 0 Å². The van der Waals surface area contributed by atoms with E-state index in [1.807, 2.05) is 13.8 Å². The van der Waals surface area contributed by atoms with Gasteiger partial charge in [-0.15, -0.1) is 5.10 Å². The van der Waals surface area contributed by atoms with Crippen LogP contribution in [0.4, 0.5) is 0 Å². The van der Waals surface area contributed by atoms with Crippen molar-refractivity contribution < 1.29 is 9.90 Å². The lowest BCUT2D eigenvalue weighted by molar-refractivity contribution is 0.0946. The van der Waals surface area contributed by atoms with Crippen molar-refractivity contribution in [2.75, 3.05) is 26.2 Å². The van der Waals surface area contributed by atoms with Crippen molar-refractivity contribution in [3.05, 3.63) is 15.9 Å². The number of likely N-dealkylation sites (tertiary alicyclic amines) is 1. The summed E-state index contributed by atoms with van der Waals surface area (Å²) in [5.74, 6) is -1.00. The van der Waals surface area contributed by atoms with Crippen LogP contribution in [0.3, 0.4) is 0 Å². The molecule has 3 rings (SSSR count). The second kappa shape index (κ2) is 7.86. The summed E-state index contributed by atoms with van der Waals surface area (Å²) in [6, 6.07) is -0.221. The van der Waals surface area contributed by atoms with Crippen LogP contribution in [-0.2, 0) is 0 Å². The van der Waals surface area contributed by atoms with Crippen LogP contribution in [0.15, 0.2) is 4.79 Å². The lowest BCUT2D eigenvalue weighted by atomic mass is 10.1. The first-order valence-corrected chi connectivity index (χ1v) is 9.19. The zero-order valence-corrected chi connectivity index (χ0v) is 15.3. The summed E-state index contributed by atoms with van der Waals surface area (Å²) < 4.78 is 1.36. The maximum atomic E-state index is 12.7. The molecule has 1 aliphatic heterocycles. The highest BCUT2D eigenvalue weighted by atomic mass is 16.3. The fourth-order valence-corrected chi connectivity index (χ4v) is 3.45. The summed E-state index contributed by atoms with van der Waals surface area (Å²) in [4.78, 5) is 27.6. The van der Waals surface area contributed by atoms with Crippen LogP contribution < -0.4 is 10.9 Å². The van der Waals surface area contributed by atoms with Crippen LogP contribution in [0.25, 0.3) is 11.2 Å². The summed E-state index contributed by atoms with van der Waals surface area (Å²) in [6.07, 6.45) is 4.55. The molecule has 0 saturated carbocycles. The summed E-state index contributed by atoms with van der Waals surface area (Å²) in [6.45, 7) is 7.21. The van der Waals surface area contributed by atoms with E-state index in [1.165, 1.54) is 23.8 Å². The van der Waals surface area contributed by atoms with Crippen molar-refractivity contribution >= 4 is 17.1 Å². The van der Waals surface area contributed by atoms with Crippen LogP contribution in [0.1, 0.15) is 55.9 Å². The number of aromatic hydroxyl groups is 1. The van der Waals surface area contributed by atoms with Gasteiger partial charge in [-0.2, -0.15) is 10.3 Å². The third-order valence-corrected chi connectivity index (χ3v) is 4.78. The molecule has 0 radical (unpaired) electrons. The number of H-pyrrole nitrogens is 1. The molecule has 3 heterocycles. The summed E-state index contributed by atoms with van der Waals surface area (Å²) in [5.41, 5.74) is -0.480. The smallest absolute Gasteiger partial charge is 0.269 e. The predicted octanol–water partition coefficient (Wildman–Crippen LogP) is 1.01. The number of piperidine rings is 1.